The highest BCUT2D eigenvalue weighted by Gasteiger charge is 2.43. The van der Waals surface area contributed by atoms with E-state index in [9.17, 15) is 10.1 Å². The molecule has 0 bridgehead atoms. The van der Waals surface area contributed by atoms with Gasteiger partial charge in [-0.05, 0) is 36.5 Å². The number of thiophene rings is 1. The lowest BCUT2D eigenvalue weighted by atomic mass is 9.74. The molecule has 1 aromatic carbocycles. The largest absolute Gasteiger partial charge is 0.383 e. The molecule has 0 spiro atoms. The fourth-order valence-electron chi connectivity index (χ4n) is 4.55. The second-order valence-electron chi connectivity index (χ2n) is 7.96. The first-order valence-corrected chi connectivity index (χ1v) is 11.0. The molecule has 0 saturated carbocycles. The summed E-state index contributed by atoms with van der Waals surface area (Å²) in [6.07, 6.45) is 2.09. The number of rotatable bonds is 4. The van der Waals surface area contributed by atoms with Gasteiger partial charge in [0.25, 0.3) is 0 Å². The molecule has 6 heteroatoms. The highest BCUT2D eigenvalue weighted by atomic mass is 32.1. The first-order valence-electron chi connectivity index (χ1n) is 10.2. The molecule has 1 aromatic heterocycles. The van der Waals surface area contributed by atoms with E-state index in [1.165, 1.54) is 4.88 Å². The van der Waals surface area contributed by atoms with Crippen LogP contribution in [0.25, 0.3) is 0 Å². The van der Waals surface area contributed by atoms with Gasteiger partial charge in [-0.2, -0.15) is 5.26 Å². The van der Waals surface area contributed by atoms with Gasteiger partial charge >= 0.3 is 0 Å². The van der Waals surface area contributed by atoms with Crippen LogP contribution in [-0.2, 0) is 11.2 Å². The summed E-state index contributed by atoms with van der Waals surface area (Å²) in [5, 5.41) is 13.7. The second kappa shape index (κ2) is 8.10. The lowest BCUT2D eigenvalue weighted by Gasteiger charge is -2.43. The van der Waals surface area contributed by atoms with E-state index in [1.807, 2.05) is 48.4 Å². The predicted molar refractivity (Wildman–Crippen MR) is 119 cm³/mol. The van der Waals surface area contributed by atoms with E-state index in [2.05, 4.69) is 31.2 Å². The monoisotopic (exact) mass is 418 g/mol. The number of aryl methyl sites for hydroxylation is 1. The van der Waals surface area contributed by atoms with E-state index in [0.29, 0.717) is 24.2 Å². The average Bonchev–Trinajstić information content (AvgIpc) is 3.22. The molecule has 0 amide bonds. The Bertz CT molecular complexity index is 1070. The zero-order valence-corrected chi connectivity index (χ0v) is 18.4. The summed E-state index contributed by atoms with van der Waals surface area (Å²) in [5.74, 6) is 0.245. The van der Waals surface area contributed by atoms with Crippen LogP contribution in [-0.4, -0.2) is 29.9 Å². The van der Waals surface area contributed by atoms with E-state index >= 15 is 0 Å². The lowest BCUT2D eigenvalue weighted by Crippen LogP contribution is -2.45. The third kappa shape index (κ3) is 3.34. The summed E-state index contributed by atoms with van der Waals surface area (Å²) in [6.45, 7) is 2.11. The van der Waals surface area contributed by atoms with Gasteiger partial charge in [-0.1, -0.05) is 37.3 Å². The van der Waals surface area contributed by atoms with Crippen molar-refractivity contribution >= 4 is 17.1 Å². The van der Waals surface area contributed by atoms with Crippen molar-refractivity contribution in [3.05, 3.63) is 80.4 Å². The Labute approximate surface area is 181 Å². The molecule has 0 saturated heterocycles. The minimum atomic E-state index is -0.379. The van der Waals surface area contributed by atoms with Crippen molar-refractivity contribution in [3.63, 3.8) is 0 Å². The van der Waals surface area contributed by atoms with Crippen LogP contribution < -0.4 is 5.73 Å². The van der Waals surface area contributed by atoms with Gasteiger partial charge in [0.2, 0.25) is 0 Å². The number of carbonyl (C=O) groups is 1. The minimum absolute atomic E-state index is 0.103. The molecular formula is C24H26N4OS. The van der Waals surface area contributed by atoms with Gasteiger partial charge in [-0.25, -0.2) is 5.01 Å². The Balaban J connectivity index is 1.88. The third-order valence-electron chi connectivity index (χ3n) is 5.93. The number of hydrogen-bond acceptors (Lipinski definition) is 6. The van der Waals surface area contributed by atoms with Crippen LogP contribution in [0.3, 0.4) is 0 Å². The molecule has 2 heterocycles. The molecule has 1 aliphatic heterocycles. The number of hydrazine groups is 1. The smallest absolute Gasteiger partial charge is 0.162 e. The molecular weight excluding hydrogens is 392 g/mol. The fourth-order valence-corrected chi connectivity index (χ4v) is 5.63. The molecule has 5 nitrogen and oxygen atoms in total. The topological polar surface area (TPSA) is 73.4 Å². The van der Waals surface area contributed by atoms with Crippen molar-refractivity contribution in [3.8, 4) is 6.07 Å². The van der Waals surface area contributed by atoms with Crippen molar-refractivity contribution in [2.75, 3.05) is 14.1 Å². The molecule has 0 fully saturated rings. The van der Waals surface area contributed by atoms with Crippen LogP contribution in [0, 0.1) is 11.3 Å². The van der Waals surface area contributed by atoms with Gasteiger partial charge in [0.1, 0.15) is 5.82 Å². The van der Waals surface area contributed by atoms with Crippen molar-refractivity contribution < 1.29 is 4.79 Å². The predicted octanol–water partition coefficient (Wildman–Crippen LogP) is 4.28. The van der Waals surface area contributed by atoms with Crippen molar-refractivity contribution in [2.24, 2.45) is 5.73 Å². The van der Waals surface area contributed by atoms with Gasteiger partial charge in [0.15, 0.2) is 5.78 Å². The maximum Gasteiger partial charge on any atom is 0.162 e. The molecule has 2 aliphatic rings. The van der Waals surface area contributed by atoms with Crippen LogP contribution in [0.5, 0.6) is 0 Å². The number of nitrogens with zero attached hydrogens (tertiary/aromatic N) is 3. The number of nitrogens with two attached hydrogens (primary N) is 1. The number of hydrogen-bond donors (Lipinski definition) is 1. The number of nitriles is 1. The normalized spacial score (nSPS) is 21.8. The summed E-state index contributed by atoms with van der Waals surface area (Å²) in [6, 6.07) is 16.6. The molecule has 2 aromatic rings. The zero-order valence-electron chi connectivity index (χ0n) is 17.6. The van der Waals surface area contributed by atoms with E-state index < -0.39 is 0 Å². The molecule has 1 aliphatic carbocycles. The molecule has 2 N–H and O–H groups in total. The summed E-state index contributed by atoms with van der Waals surface area (Å²) < 4.78 is 0. The Morgan fingerprint density at radius 1 is 1.20 bits per heavy atom. The molecule has 4 rings (SSSR count). The van der Waals surface area contributed by atoms with Gasteiger partial charge in [0, 0.05) is 41.5 Å². The highest BCUT2D eigenvalue weighted by molar-refractivity contribution is 7.12. The van der Waals surface area contributed by atoms with Crippen molar-refractivity contribution in [1.29, 1.82) is 5.26 Å². The van der Waals surface area contributed by atoms with E-state index in [0.717, 1.165) is 28.1 Å². The van der Waals surface area contributed by atoms with Crippen LogP contribution in [0.4, 0.5) is 0 Å². The summed E-state index contributed by atoms with van der Waals surface area (Å²) in [4.78, 5) is 15.8. The van der Waals surface area contributed by atoms with Crippen LogP contribution in [0.2, 0.25) is 0 Å². The lowest BCUT2D eigenvalue weighted by molar-refractivity contribution is -0.117. The van der Waals surface area contributed by atoms with Crippen LogP contribution in [0.1, 0.15) is 46.9 Å². The fraction of sp³-hybridized carbons (Fsp3) is 0.333. The number of allylic oxidation sites excluding steroid dienone is 3. The quantitative estimate of drug-likeness (QED) is 0.802. The van der Waals surface area contributed by atoms with E-state index in [-0.39, 0.29) is 17.6 Å². The van der Waals surface area contributed by atoms with Gasteiger partial charge < -0.3 is 5.73 Å². The maximum atomic E-state index is 13.5. The number of benzene rings is 1. The van der Waals surface area contributed by atoms with Crippen LogP contribution >= 0.6 is 11.3 Å². The SMILES string of the molecule is CCc1ccc([C@@H]2C(C#N)=C(N)N(N(C)C)C3=C2C(=O)C[C@H](c2ccccc2)C3)s1. The van der Waals surface area contributed by atoms with Crippen molar-refractivity contribution in [2.45, 2.75) is 38.0 Å². The van der Waals surface area contributed by atoms with Crippen LogP contribution in [0.15, 0.2) is 65.1 Å². The van der Waals surface area contributed by atoms with Crippen molar-refractivity contribution in [1.82, 2.24) is 10.0 Å². The standard InChI is InChI=1S/C24H26N4OS/c1-4-17-10-11-21(30-17)22-18(14-25)24(26)28(27(2)3)19-12-16(13-20(29)23(19)22)15-8-6-5-7-9-15/h5-11,16,22H,4,12-13,26H2,1-3H3/t16-,22+/m1/s1. The summed E-state index contributed by atoms with van der Waals surface area (Å²) in [7, 11) is 3.79. The van der Waals surface area contributed by atoms with Gasteiger partial charge in [0.05, 0.1) is 17.6 Å². The zero-order chi connectivity index (χ0) is 21.4. The van der Waals surface area contributed by atoms with Gasteiger partial charge in [-0.3, -0.25) is 9.80 Å². The Morgan fingerprint density at radius 2 is 1.93 bits per heavy atom. The molecule has 30 heavy (non-hydrogen) atoms. The average molecular weight is 419 g/mol. The third-order valence-corrected chi connectivity index (χ3v) is 7.22. The van der Waals surface area contributed by atoms with Gasteiger partial charge in [-0.15, -0.1) is 11.3 Å². The number of Topliss-reactive ketones (excluding diaryl/α,β-unsaturated/α-hetero) is 1. The molecule has 0 radical (unpaired) electrons. The maximum absolute atomic E-state index is 13.5. The Hall–Kier alpha value is -2.88. The number of ketones is 1. The van der Waals surface area contributed by atoms with E-state index in [4.69, 9.17) is 5.73 Å². The summed E-state index contributed by atoms with van der Waals surface area (Å²) >= 11 is 1.67. The first-order chi connectivity index (χ1) is 14.5. The minimum Gasteiger partial charge on any atom is -0.383 e. The molecule has 154 valence electrons. The number of carbonyl (C=O) groups excluding carboxylic acids is 1. The summed E-state index contributed by atoms with van der Waals surface area (Å²) in [5.41, 5.74) is 9.80. The second-order valence-corrected chi connectivity index (χ2v) is 9.16. The first kappa shape index (κ1) is 20.4. The Kier molecular flexibility index (Phi) is 5.50. The Morgan fingerprint density at radius 3 is 2.53 bits per heavy atom. The molecule has 0 unspecified atom stereocenters. The van der Waals surface area contributed by atoms with E-state index in [1.54, 1.807) is 11.3 Å². The molecule has 2 atom stereocenters. The highest BCUT2D eigenvalue weighted by Crippen LogP contribution is 2.49.